The van der Waals surface area contributed by atoms with Crippen molar-refractivity contribution in [3.05, 3.63) is 59.7 Å². The van der Waals surface area contributed by atoms with E-state index in [0.717, 1.165) is 12.1 Å². The third-order valence-corrected chi connectivity index (χ3v) is 4.80. The highest BCUT2D eigenvalue weighted by Gasteiger charge is 2.34. The van der Waals surface area contributed by atoms with Crippen LogP contribution in [0.5, 0.6) is 0 Å². The molecule has 3 aromatic rings. The van der Waals surface area contributed by atoms with Crippen molar-refractivity contribution in [2.45, 2.75) is 17.1 Å². The lowest BCUT2D eigenvalue weighted by Gasteiger charge is -2.12. The van der Waals surface area contributed by atoms with Crippen LogP contribution < -0.4 is 0 Å². The lowest BCUT2D eigenvalue weighted by molar-refractivity contribution is -0.138. The second-order valence-electron chi connectivity index (χ2n) is 4.97. The van der Waals surface area contributed by atoms with Crippen LogP contribution in [0.3, 0.4) is 0 Å². The average molecular weight is 340 g/mol. The average Bonchev–Trinajstić information content (AvgIpc) is 2.91. The van der Waals surface area contributed by atoms with Gasteiger partial charge in [-0.25, -0.2) is 13.4 Å². The zero-order valence-electron chi connectivity index (χ0n) is 11.6. The van der Waals surface area contributed by atoms with E-state index < -0.39 is 27.3 Å². The molecule has 0 fully saturated rings. The maximum Gasteiger partial charge on any atom is 0.416 e. The van der Waals surface area contributed by atoms with Gasteiger partial charge < -0.3 is 4.98 Å². The van der Waals surface area contributed by atoms with Gasteiger partial charge in [0.25, 0.3) is 0 Å². The Morgan fingerprint density at radius 2 is 1.65 bits per heavy atom. The van der Waals surface area contributed by atoms with E-state index >= 15 is 0 Å². The van der Waals surface area contributed by atoms with Gasteiger partial charge in [-0.15, -0.1) is 0 Å². The minimum atomic E-state index is -4.61. The fourth-order valence-corrected chi connectivity index (χ4v) is 3.57. The fourth-order valence-electron chi connectivity index (χ4n) is 2.27. The van der Waals surface area contributed by atoms with Crippen LogP contribution in [0.1, 0.15) is 11.1 Å². The Balaban J connectivity index is 2.02. The predicted octanol–water partition coefficient (Wildman–Crippen LogP) is 3.56. The van der Waals surface area contributed by atoms with Crippen molar-refractivity contribution in [3.63, 3.8) is 0 Å². The number of para-hydroxylation sites is 2. The van der Waals surface area contributed by atoms with Crippen LogP contribution in [-0.4, -0.2) is 18.4 Å². The Hall–Kier alpha value is -2.35. The van der Waals surface area contributed by atoms with E-state index in [9.17, 15) is 21.6 Å². The molecule has 120 valence electrons. The molecule has 0 saturated heterocycles. The molecule has 0 radical (unpaired) electrons. The maximum atomic E-state index is 13.0. The van der Waals surface area contributed by atoms with E-state index in [4.69, 9.17) is 0 Å². The third kappa shape index (κ3) is 3.07. The first-order chi connectivity index (χ1) is 10.8. The van der Waals surface area contributed by atoms with E-state index in [-0.39, 0.29) is 10.7 Å². The number of nitrogens with zero attached hydrogens (tertiary/aromatic N) is 1. The van der Waals surface area contributed by atoms with Gasteiger partial charge in [-0.2, -0.15) is 13.2 Å². The van der Waals surface area contributed by atoms with E-state index in [0.29, 0.717) is 11.0 Å². The highest BCUT2D eigenvalue weighted by atomic mass is 32.2. The Morgan fingerprint density at radius 3 is 2.35 bits per heavy atom. The summed E-state index contributed by atoms with van der Waals surface area (Å²) in [6, 6.07) is 11.3. The van der Waals surface area contributed by atoms with Gasteiger partial charge in [0, 0.05) is 0 Å². The molecular weight excluding hydrogens is 329 g/mol. The summed E-state index contributed by atoms with van der Waals surface area (Å²) in [6.07, 6.45) is -4.61. The lowest BCUT2D eigenvalue weighted by atomic mass is 10.1. The number of halogens is 3. The Labute approximate surface area is 129 Å². The first kappa shape index (κ1) is 15.5. The Bertz CT molecular complexity index is 929. The molecule has 1 N–H and O–H groups in total. The molecule has 0 amide bonds. The van der Waals surface area contributed by atoms with Crippen LogP contribution in [-0.2, 0) is 21.8 Å². The second kappa shape index (κ2) is 5.38. The second-order valence-corrected chi connectivity index (χ2v) is 6.88. The van der Waals surface area contributed by atoms with Crippen LogP contribution in [0, 0.1) is 0 Å². The molecule has 1 heterocycles. The topological polar surface area (TPSA) is 62.8 Å². The molecule has 0 bridgehead atoms. The fraction of sp³-hybridized carbons (Fsp3) is 0.133. The van der Waals surface area contributed by atoms with Gasteiger partial charge in [-0.3, -0.25) is 0 Å². The van der Waals surface area contributed by atoms with Crippen molar-refractivity contribution in [2.75, 3.05) is 0 Å². The predicted molar refractivity (Wildman–Crippen MR) is 78.4 cm³/mol. The third-order valence-electron chi connectivity index (χ3n) is 3.33. The van der Waals surface area contributed by atoms with Crippen LogP contribution in [0.2, 0.25) is 0 Å². The first-order valence-corrected chi connectivity index (χ1v) is 8.25. The number of benzene rings is 2. The van der Waals surface area contributed by atoms with Crippen molar-refractivity contribution >= 4 is 20.9 Å². The summed E-state index contributed by atoms with van der Waals surface area (Å²) in [6.45, 7) is 0. The van der Waals surface area contributed by atoms with E-state index in [1.165, 1.54) is 12.1 Å². The van der Waals surface area contributed by atoms with Gasteiger partial charge in [0.15, 0.2) is 0 Å². The summed E-state index contributed by atoms with van der Waals surface area (Å²) in [4.78, 5) is 6.58. The largest absolute Gasteiger partial charge is 0.416 e. The number of hydrogen-bond acceptors (Lipinski definition) is 3. The van der Waals surface area contributed by atoms with Gasteiger partial charge in [0.05, 0.1) is 22.3 Å². The number of fused-ring (bicyclic) bond motifs is 1. The van der Waals surface area contributed by atoms with Crippen LogP contribution >= 0.6 is 0 Å². The summed E-state index contributed by atoms with van der Waals surface area (Å²) >= 11 is 0. The van der Waals surface area contributed by atoms with Gasteiger partial charge in [-0.05, 0) is 23.8 Å². The first-order valence-electron chi connectivity index (χ1n) is 6.60. The molecule has 23 heavy (non-hydrogen) atoms. The molecule has 4 nitrogen and oxygen atoms in total. The van der Waals surface area contributed by atoms with Gasteiger partial charge >= 0.3 is 6.18 Å². The summed E-state index contributed by atoms with van der Waals surface area (Å²) in [5.74, 6) is -0.775. The van der Waals surface area contributed by atoms with Crippen LogP contribution in [0.4, 0.5) is 13.2 Å². The van der Waals surface area contributed by atoms with Crippen molar-refractivity contribution in [1.82, 2.24) is 9.97 Å². The summed E-state index contributed by atoms with van der Waals surface area (Å²) < 4.78 is 63.7. The molecule has 2 aromatic carbocycles. The molecule has 0 unspecified atom stereocenters. The van der Waals surface area contributed by atoms with Gasteiger partial charge in [0.2, 0.25) is 15.0 Å². The highest BCUT2D eigenvalue weighted by molar-refractivity contribution is 7.90. The number of aromatic nitrogens is 2. The highest BCUT2D eigenvalue weighted by Crippen LogP contribution is 2.33. The Morgan fingerprint density at radius 1 is 1.00 bits per heavy atom. The minimum absolute atomic E-state index is 0.305. The number of sulfone groups is 1. The number of rotatable bonds is 3. The normalized spacial score (nSPS) is 12.7. The molecule has 3 rings (SSSR count). The van der Waals surface area contributed by atoms with Gasteiger partial charge in [-0.1, -0.05) is 30.3 Å². The van der Waals surface area contributed by atoms with E-state index in [2.05, 4.69) is 9.97 Å². The number of imidazole rings is 1. The van der Waals surface area contributed by atoms with Crippen LogP contribution in [0.25, 0.3) is 11.0 Å². The summed E-state index contributed by atoms with van der Waals surface area (Å²) in [5, 5.41) is -0.337. The number of aromatic amines is 1. The maximum absolute atomic E-state index is 13.0. The quantitative estimate of drug-likeness (QED) is 0.793. The molecule has 0 spiro atoms. The monoisotopic (exact) mass is 340 g/mol. The van der Waals surface area contributed by atoms with Crippen molar-refractivity contribution in [3.8, 4) is 0 Å². The number of hydrogen-bond donors (Lipinski definition) is 1. The van der Waals surface area contributed by atoms with Crippen molar-refractivity contribution in [2.24, 2.45) is 0 Å². The SMILES string of the molecule is O=S(=O)(Cc1ccccc1C(F)(F)F)c1nc2ccccc2[nH]1. The number of nitrogens with one attached hydrogen (secondary N) is 1. The molecule has 0 saturated carbocycles. The minimum Gasteiger partial charge on any atom is -0.329 e. The smallest absolute Gasteiger partial charge is 0.329 e. The van der Waals surface area contributed by atoms with Crippen molar-refractivity contribution < 1.29 is 21.6 Å². The van der Waals surface area contributed by atoms with Crippen LogP contribution in [0.15, 0.2) is 53.7 Å². The molecule has 1 aromatic heterocycles. The zero-order valence-corrected chi connectivity index (χ0v) is 12.4. The standard InChI is InChI=1S/C15H11F3N2O2S/c16-15(17,18)11-6-2-1-5-10(11)9-23(21,22)14-19-12-7-3-4-8-13(12)20-14/h1-8H,9H2,(H,19,20). The summed E-state index contributed by atoms with van der Waals surface area (Å²) in [7, 11) is -4.02. The Kier molecular flexibility index (Phi) is 3.63. The van der Waals surface area contributed by atoms with E-state index in [1.807, 2.05) is 0 Å². The van der Waals surface area contributed by atoms with Gasteiger partial charge in [0.1, 0.15) is 0 Å². The molecule has 8 heteroatoms. The molecule has 0 aliphatic carbocycles. The number of H-pyrrole nitrogens is 1. The van der Waals surface area contributed by atoms with Crippen molar-refractivity contribution in [1.29, 1.82) is 0 Å². The van der Waals surface area contributed by atoms with E-state index in [1.54, 1.807) is 24.3 Å². The molecule has 0 aliphatic heterocycles. The zero-order chi connectivity index (χ0) is 16.7. The molecule has 0 atom stereocenters. The molecular formula is C15H11F3N2O2S. The number of alkyl halides is 3. The molecule has 0 aliphatic rings. The summed E-state index contributed by atoms with van der Waals surface area (Å²) in [5.41, 5.74) is -0.314. The lowest BCUT2D eigenvalue weighted by Crippen LogP contribution is -2.13.